The normalized spacial score (nSPS) is 11.5. The van der Waals surface area contributed by atoms with Crippen molar-refractivity contribution in [2.75, 3.05) is 7.05 Å². The lowest BCUT2D eigenvalue weighted by atomic mass is 10.6. The van der Waals surface area contributed by atoms with E-state index in [1.54, 1.807) is 6.92 Å². The maximum Gasteiger partial charge on any atom is 0.243 e. The quantitative estimate of drug-likeness (QED) is 0.689. The molecule has 0 spiro atoms. The van der Waals surface area contributed by atoms with Crippen molar-refractivity contribution in [3.05, 3.63) is 18.2 Å². The van der Waals surface area contributed by atoms with Gasteiger partial charge in [-0.1, -0.05) is 0 Å². The van der Waals surface area contributed by atoms with E-state index in [4.69, 9.17) is 0 Å². The van der Waals surface area contributed by atoms with E-state index in [9.17, 15) is 8.42 Å². The molecule has 0 bridgehead atoms. The van der Waals surface area contributed by atoms with Gasteiger partial charge in [-0.15, -0.1) is 0 Å². The monoisotopic (exact) mass is 187 g/mol. The van der Waals surface area contributed by atoms with Crippen molar-refractivity contribution < 1.29 is 8.42 Å². The average Bonchev–Trinajstić information content (AvgIpc) is 2.05. The van der Waals surface area contributed by atoms with E-state index in [0.29, 0.717) is 5.82 Å². The van der Waals surface area contributed by atoms with Crippen molar-refractivity contribution in [1.82, 2.24) is 14.7 Å². The van der Waals surface area contributed by atoms with Crippen LogP contribution in [0.4, 0.5) is 0 Å². The van der Waals surface area contributed by atoms with Gasteiger partial charge in [0.25, 0.3) is 0 Å². The Kier molecular flexibility index (Phi) is 2.39. The molecule has 0 saturated heterocycles. The summed E-state index contributed by atoms with van der Waals surface area (Å²) >= 11 is 0. The highest BCUT2D eigenvalue weighted by molar-refractivity contribution is 7.89. The second-order valence-corrected chi connectivity index (χ2v) is 4.06. The lowest BCUT2D eigenvalue weighted by molar-refractivity contribution is 0.587. The SMILES string of the molecule is CNS(=O)(=O)c1cnc(C)nc1. The number of aromatic nitrogens is 2. The summed E-state index contributed by atoms with van der Waals surface area (Å²) in [5.41, 5.74) is 0. The molecule has 12 heavy (non-hydrogen) atoms. The molecule has 0 aliphatic heterocycles. The van der Waals surface area contributed by atoms with E-state index < -0.39 is 10.0 Å². The Morgan fingerprint density at radius 3 is 2.25 bits per heavy atom. The van der Waals surface area contributed by atoms with Crippen LogP contribution in [0.1, 0.15) is 5.82 Å². The summed E-state index contributed by atoms with van der Waals surface area (Å²) in [5, 5.41) is 0. The zero-order valence-corrected chi connectivity index (χ0v) is 7.59. The van der Waals surface area contributed by atoms with Gasteiger partial charge >= 0.3 is 0 Å². The lowest BCUT2D eigenvalue weighted by Crippen LogP contribution is -2.19. The van der Waals surface area contributed by atoms with Crippen LogP contribution in [0.5, 0.6) is 0 Å². The summed E-state index contributed by atoms with van der Waals surface area (Å²) in [6.45, 7) is 1.69. The number of nitrogens with one attached hydrogen (secondary N) is 1. The van der Waals surface area contributed by atoms with Crippen LogP contribution in [0.2, 0.25) is 0 Å². The Morgan fingerprint density at radius 1 is 1.33 bits per heavy atom. The summed E-state index contributed by atoms with van der Waals surface area (Å²) in [6, 6.07) is 0. The van der Waals surface area contributed by atoms with E-state index in [2.05, 4.69) is 14.7 Å². The molecule has 0 aromatic carbocycles. The minimum atomic E-state index is -3.39. The summed E-state index contributed by atoms with van der Waals surface area (Å²) in [7, 11) is -2.05. The molecule has 1 heterocycles. The Hall–Kier alpha value is -1.01. The van der Waals surface area contributed by atoms with Gasteiger partial charge in [-0.25, -0.2) is 23.1 Å². The first-order valence-corrected chi connectivity index (χ1v) is 4.77. The van der Waals surface area contributed by atoms with Gasteiger partial charge in [0.2, 0.25) is 10.0 Å². The van der Waals surface area contributed by atoms with E-state index >= 15 is 0 Å². The van der Waals surface area contributed by atoms with E-state index in [1.165, 1.54) is 19.4 Å². The Balaban J connectivity index is 3.14. The molecule has 0 unspecified atom stereocenters. The zero-order valence-electron chi connectivity index (χ0n) is 6.77. The number of sulfonamides is 1. The second-order valence-electron chi connectivity index (χ2n) is 2.17. The lowest BCUT2D eigenvalue weighted by Gasteiger charge is -1.99. The van der Waals surface area contributed by atoms with Crippen LogP contribution < -0.4 is 4.72 Å². The molecule has 6 heteroatoms. The molecule has 66 valence electrons. The Morgan fingerprint density at radius 2 is 1.83 bits per heavy atom. The van der Waals surface area contributed by atoms with Crippen LogP contribution >= 0.6 is 0 Å². The topological polar surface area (TPSA) is 72.0 Å². The summed E-state index contributed by atoms with van der Waals surface area (Å²) in [6.07, 6.45) is 2.54. The standard InChI is InChI=1S/C6H9N3O2S/c1-5-8-3-6(4-9-5)12(10,11)7-2/h3-4,7H,1-2H3. The minimum Gasteiger partial charge on any atom is -0.240 e. The van der Waals surface area contributed by atoms with Crippen LogP contribution in [0.3, 0.4) is 0 Å². The fourth-order valence-corrected chi connectivity index (χ4v) is 1.26. The fraction of sp³-hybridized carbons (Fsp3) is 0.333. The highest BCUT2D eigenvalue weighted by Gasteiger charge is 2.10. The first-order valence-electron chi connectivity index (χ1n) is 3.28. The maximum absolute atomic E-state index is 11.1. The molecule has 5 nitrogen and oxygen atoms in total. The predicted octanol–water partition coefficient (Wildman–Crippen LogP) is -0.307. The second kappa shape index (κ2) is 3.16. The van der Waals surface area contributed by atoms with Crippen LogP contribution in [0.25, 0.3) is 0 Å². The first kappa shape index (κ1) is 9.08. The van der Waals surface area contributed by atoms with Gasteiger partial charge < -0.3 is 0 Å². The van der Waals surface area contributed by atoms with Crippen LogP contribution in [0, 0.1) is 6.92 Å². The molecule has 0 fully saturated rings. The zero-order chi connectivity index (χ0) is 9.19. The van der Waals surface area contributed by atoms with Crippen molar-refractivity contribution in [3.63, 3.8) is 0 Å². The third kappa shape index (κ3) is 1.77. The third-order valence-corrected chi connectivity index (χ3v) is 2.71. The van der Waals surface area contributed by atoms with Crippen LogP contribution in [0.15, 0.2) is 17.3 Å². The average molecular weight is 187 g/mol. The number of hydrogen-bond acceptors (Lipinski definition) is 4. The van der Waals surface area contributed by atoms with E-state index in [0.717, 1.165) is 0 Å². The molecule has 1 aromatic heterocycles. The van der Waals surface area contributed by atoms with E-state index in [1.807, 2.05) is 0 Å². The van der Waals surface area contributed by atoms with Gasteiger partial charge in [0.05, 0.1) is 12.4 Å². The number of nitrogens with zero attached hydrogens (tertiary/aromatic N) is 2. The largest absolute Gasteiger partial charge is 0.243 e. The third-order valence-electron chi connectivity index (χ3n) is 1.34. The molecular weight excluding hydrogens is 178 g/mol. The van der Waals surface area contributed by atoms with Crippen LogP contribution in [-0.2, 0) is 10.0 Å². The van der Waals surface area contributed by atoms with Gasteiger partial charge in [-0.05, 0) is 14.0 Å². The van der Waals surface area contributed by atoms with Crippen molar-refractivity contribution in [3.8, 4) is 0 Å². The number of hydrogen-bond donors (Lipinski definition) is 1. The molecule has 0 atom stereocenters. The highest BCUT2D eigenvalue weighted by atomic mass is 32.2. The van der Waals surface area contributed by atoms with Crippen molar-refractivity contribution in [1.29, 1.82) is 0 Å². The van der Waals surface area contributed by atoms with E-state index in [-0.39, 0.29) is 4.90 Å². The molecule has 0 aliphatic rings. The van der Waals surface area contributed by atoms with Crippen molar-refractivity contribution >= 4 is 10.0 Å². The molecule has 1 rings (SSSR count). The van der Waals surface area contributed by atoms with Gasteiger partial charge in [0, 0.05) is 0 Å². The van der Waals surface area contributed by atoms with Gasteiger partial charge in [-0.3, -0.25) is 0 Å². The van der Waals surface area contributed by atoms with Crippen molar-refractivity contribution in [2.24, 2.45) is 0 Å². The Labute approximate surface area is 70.9 Å². The molecule has 1 N–H and O–H groups in total. The molecule has 0 aliphatic carbocycles. The molecular formula is C6H9N3O2S. The molecule has 1 aromatic rings. The molecule has 0 radical (unpaired) electrons. The van der Waals surface area contributed by atoms with Gasteiger partial charge in [0.15, 0.2) is 0 Å². The maximum atomic E-state index is 11.1. The minimum absolute atomic E-state index is 0.0793. The number of rotatable bonds is 2. The summed E-state index contributed by atoms with van der Waals surface area (Å²) in [5.74, 6) is 0.546. The number of aryl methyl sites for hydroxylation is 1. The first-order chi connectivity index (χ1) is 5.56. The Bertz CT molecular complexity index is 357. The summed E-state index contributed by atoms with van der Waals surface area (Å²) < 4.78 is 24.4. The summed E-state index contributed by atoms with van der Waals surface area (Å²) in [4.78, 5) is 7.61. The van der Waals surface area contributed by atoms with Crippen molar-refractivity contribution in [2.45, 2.75) is 11.8 Å². The highest BCUT2D eigenvalue weighted by Crippen LogP contribution is 2.03. The van der Waals surface area contributed by atoms with Crippen LogP contribution in [-0.4, -0.2) is 25.4 Å². The fourth-order valence-electron chi connectivity index (χ4n) is 0.637. The predicted molar refractivity (Wildman–Crippen MR) is 43.0 cm³/mol. The van der Waals surface area contributed by atoms with Gasteiger partial charge in [-0.2, -0.15) is 0 Å². The van der Waals surface area contributed by atoms with Gasteiger partial charge in [0.1, 0.15) is 10.7 Å². The molecule has 0 saturated carbocycles. The smallest absolute Gasteiger partial charge is 0.240 e. The molecule has 0 amide bonds.